The van der Waals surface area contributed by atoms with Crippen molar-refractivity contribution in [3.63, 3.8) is 0 Å². The fourth-order valence-corrected chi connectivity index (χ4v) is 3.45. The smallest absolute Gasteiger partial charge is 0.303 e. The van der Waals surface area contributed by atoms with Crippen LogP contribution in [0.1, 0.15) is 78.6 Å². The molecule has 0 spiro atoms. The Morgan fingerprint density at radius 1 is 1.23 bits per heavy atom. The van der Waals surface area contributed by atoms with Crippen molar-refractivity contribution in [1.82, 2.24) is 0 Å². The first-order valence-electron chi connectivity index (χ1n) is 10.1. The average Bonchev–Trinajstić information content (AvgIpc) is 2.93. The van der Waals surface area contributed by atoms with E-state index >= 15 is 0 Å². The van der Waals surface area contributed by atoms with Crippen LogP contribution in [0.2, 0.25) is 0 Å². The van der Waals surface area contributed by atoms with Crippen LogP contribution >= 0.6 is 0 Å². The van der Waals surface area contributed by atoms with Gasteiger partial charge in [-0.3, -0.25) is 9.59 Å². The van der Waals surface area contributed by atoms with E-state index in [4.69, 9.17) is 5.11 Å². The second-order valence-corrected chi connectivity index (χ2v) is 8.21. The normalized spacial score (nSPS) is 21.6. The second kappa shape index (κ2) is 11.3. The molecule has 2 N–H and O–H groups in total. The van der Waals surface area contributed by atoms with Crippen LogP contribution in [0.5, 0.6) is 0 Å². The summed E-state index contributed by atoms with van der Waals surface area (Å²) in [6.07, 6.45) is 14.7. The third-order valence-corrected chi connectivity index (χ3v) is 5.46. The van der Waals surface area contributed by atoms with Gasteiger partial charge in [-0.25, -0.2) is 0 Å². The van der Waals surface area contributed by atoms with Gasteiger partial charge in [-0.05, 0) is 30.8 Å². The molecule has 0 aromatic carbocycles. The summed E-state index contributed by atoms with van der Waals surface area (Å²) in [7, 11) is 0. The predicted octanol–water partition coefficient (Wildman–Crippen LogP) is 4.92. The molecule has 2 unspecified atom stereocenters. The van der Waals surface area contributed by atoms with Gasteiger partial charge >= 0.3 is 5.97 Å². The molecule has 0 saturated heterocycles. The highest BCUT2D eigenvalue weighted by atomic mass is 16.4. The topological polar surface area (TPSA) is 74.6 Å². The number of carbonyl (C=O) groups excluding carboxylic acids is 1. The van der Waals surface area contributed by atoms with Crippen LogP contribution < -0.4 is 0 Å². The summed E-state index contributed by atoms with van der Waals surface area (Å²) >= 11 is 0. The molecule has 0 aromatic rings. The van der Waals surface area contributed by atoms with Gasteiger partial charge in [0.15, 0.2) is 5.78 Å². The highest BCUT2D eigenvalue weighted by molar-refractivity contribution is 5.94. The van der Waals surface area contributed by atoms with Crippen LogP contribution in [-0.4, -0.2) is 28.1 Å². The van der Waals surface area contributed by atoms with Crippen molar-refractivity contribution < 1.29 is 19.8 Å². The Hall–Kier alpha value is -1.42. The Morgan fingerprint density at radius 3 is 2.58 bits per heavy atom. The van der Waals surface area contributed by atoms with Crippen LogP contribution in [0, 0.1) is 17.3 Å². The molecule has 3 atom stereocenters. The lowest BCUT2D eigenvalue weighted by Crippen LogP contribution is -2.27. The van der Waals surface area contributed by atoms with E-state index in [2.05, 4.69) is 20.8 Å². The van der Waals surface area contributed by atoms with Gasteiger partial charge in [0, 0.05) is 18.3 Å². The lowest BCUT2D eigenvalue weighted by molar-refractivity contribution is -0.137. The Kier molecular flexibility index (Phi) is 9.85. The molecule has 1 aliphatic rings. The maximum absolute atomic E-state index is 12.1. The number of aliphatic hydroxyl groups excluding tert-OH is 1. The Bertz CT molecular complexity index is 504. The van der Waals surface area contributed by atoms with Gasteiger partial charge in [0.25, 0.3) is 0 Å². The number of hydrogen-bond acceptors (Lipinski definition) is 3. The van der Waals surface area contributed by atoms with E-state index in [9.17, 15) is 14.7 Å². The molecule has 0 aromatic heterocycles. The number of rotatable bonds is 13. The number of carbonyl (C=O) groups is 2. The third-order valence-electron chi connectivity index (χ3n) is 5.46. The molecule has 0 amide bonds. The number of allylic oxidation sites excluding steroid dienone is 3. The van der Waals surface area contributed by atoms with Gasteiger partial charge in [0.05, 0.1) is 6.10 Å². The maximum atomic E-state index is 12.1. The number of ketones is 1. The van der Waals surface area contributed by atoms with Gasteiger partial charge in [-0.15, -0.1) is 0 Å². The molecule has 0 aliphatic heterocycles. The lowest BCUT2D eigenvalue weighted by atomic mass is 9.80. The highest BCUT2D eigenvalue weighted by Crippen LogP contribution is 2.32. The quantitative estimate of drug-likeness (QED) is 0.359. The van der Waals surface area contributed by atoms with Crippen molar-refractivity contribution >= 4 is 11.8 Å². The van der Waals surface area contributed by atoms with Gasteiger partial charge in [-0.1, -0.05) is 71.1 Å². The van der Waals surface area contributed by atoms with E-state index in [1.807, 2.05) is 18.2 Å². The first kappa shape index (κ1) is 22.6. The zero-order valence-corrected chi connectivity index (χ0v) is 16.6. The number of aliphatic carboxylic acids is 1. The number of carboxylic acid groups (broad SMARTS) is 1. The van der Waals surface area contributed by atoms with E-state index < -0.39 is 12.1 Å². The fourth-order valence-electron chi connectivity index (χ4n) is 3.45. The minimum atomic E-state index is -0.745. The largest absolute Gasteiger partial charge is 0.481 e. The summed E-state index contributed by atoms with van der Waals surface area (Å²) in [5.41, 5.74) is -0.154. The molecule has 4 nitrogen and oxygen atoms in total. The molecule has 4 heteroatoms. The monoisotopic (exact) mass is 364 g/mol. The van der Waals surface area contributed by atoms with Crippen molar-refractivity contribution in [2.45, 2.75) is 84.7 Å². The molecule has 1 rings (SSSR count). The summed E-state index contributed by atoms with van der Waals surface area (Å²) in [4.78, 5) is 22.6. The van der Waals surface area contributed by atoms with Crippen LogP contribution in [0.25, 0.3) is 0 Å². The number of hydrogen-bond donors (Lipinski definition) is 2. The number of unbranched alkanes of at least 4 members (excludes halogenated alkanes) is 4. The van der Waals surface area contributed by atoms with Gasteiger partial charge in [0.1, 0.15) is 0 Å². The van der Waals surface area contributed by atoms with Crippen molar-refractivity contribution in [3.8, 4) is 0 Å². The van der Waals surface area contributed by atoms with Crippen molar-refractivity contribution in [3.05, 3.63) is 24.3 Å². The van der Waals surface area contributed by atoms with E-state index in [1.165, 1.54) is 0 Å². The second-order valence-electron chi connectivity index (χ2n) is 8.21. The molecular weight excluding hydrogens is 328 g/mol. The van der Waals surface area contributed by atoms with Gasteiger partial charge in [0.2, 0.25) is 0 Å². The summed E-state index contributed by atoms with van der Waals surface area (Å²) in [6.45, 7) is 6.32. The van der Waals surface area contributed by atoms with Crippen LogP contribution in [-0.2, 0) is 9.59 Å². The summed E-state index contributed by atoms with van der Waals surface area (Å²) in [5.74, 6) is -0.537. The molecule has 0 saturated carbocycles. The lowest BCUT2D eigenvalue weighted by Gasteiger charge is -2.29. The van der Waals surface area contributed by atoms with E-state index in [0.717, 1.165) is 44.9 Å². The van der Waals surface area contributed by atoms with Gasteiger partial charge < -0.3 is 10.2 Å². The van der Waals surface area contributed by atoms with Crippen molar-refractivity contribution in [1.29, 1.82) is 0 Å². The molecule has 148 valence electrons. The molecule has 0 fully saturated rings. The highest BCUT2D eigenvalue weighted by Gasteiger charge is 2.29. The Morgan fingerprint density at radius 2 is 1.92 bits per heavy atom. The SMILES string of the molecule is CCCCC(C)(C)C(O)/C=C/[C@H]1C=CC(=O)C1CCCCCCC(=O)O. The van der Waals surface area contributed by atoms with Crippen LogP contribution in [0.15, 0.2) is 24.3 Å². The van der Waals surface area contributed by atoms with Crippen molar-refractivity contribution in [2.24, 2.45) is 17.3 Å². The minimum absolute atomic E-state index is 0.0309. The Labute approximate surface area is 158 Å². The van der Waals surface area contributed by atoms with E-state index in [0.29, 0.717) is 6.42 Å². The molecular formula is C22H36O4. The van der Waals surface area contributed by atoms with Crippen LogP contribution in [0.3, 0.4) is 0 Å². The Balaban J connectivity index is 2.45. The van der Waals surface area contributed by atoms with Crippen LogP contribution in [0.4, 0.5) is 0 Å². The predicted molar refractivity (Wildman–Crippen MR) is 105 cm³/mol. The first-order valence-corrected chi connectivity index (χ1v) is 10.1. The first-order chi connectivity index (χ1) is 12.3. The average molecular weight is 365 g/mol. The molecule has 26 heavy (non-hydrogen) atoms. The molecule has 0 bridgehead atoms. The number of aliphatic hydroxyl groups is 1. The summed E-state index contributed by atoms with van der Waals surface area (Å²) in [6, 6.07) is 0. The summed E-state index contributed by atoms with van der Waals surface area (Å²) in [5, 5.41) is 19.1. The summed E-state index contributed by atoms with van der Waals surface area (Å²) < 4.78 is 0. The van der Waals surface area contributed by atoms with Crippen molar-refractivity contribution in [2.75, 3.05) is 0 Å². The molecule has 1 aliphatic carbocycles. The minimum Gasteiger partial charge on any atom is -0.481 e. The molecule has 0 heterocycles. The van der Waals surface area contributed by atoms with E-state index in [-0.39, 0.29) is 29.5 Å². The zero-order valence-electron chi connectivity index (χ0n) is 16.6. The standard InChI is InChI=1S/C22H36O4/c1-4-5-16-22(2,3)20(24)15-13-17-12-14-19(23)18(17)10-8-6-7-9-11-21(25)26/h12-15,17-18,20,24H,4-11,16H2,1-3H3,(H,25,26)/b15-13+/t17-,18?,20?/m1/s1. The zero-order chi connectivity index (χ0) is 19.6. The fraction of sp³-hybridized carbons (Fsp3) is 0.727. The number of carboxylic acids is 1. The maximum Gasteiger partial charge on any atom is 0.303 e. The third kappa shape index (κ3) is 7.86. The molecule has 0 radical (unpaired) electrons. The van der Waals surface area contributed by atoms with E-state index in [1.54, 1.807) is 6.08 Å². The van der Waals surface area contributed by atoms with Gasteiger partial charge in [-0.2, -0.15) is 0 Å².